The van der Waals surface area contributed by atoms with Crippen molar-refractivity contribution in [3.8, 4) is 5.75 Å². The van der Waals surface area contributed by atoms with Crippen molar-refractivity contribution in [2.45, 2.75) is 17.7 Å². The summed E-state index contributed by atoms with van der Waals surface area (Å²) < 4.78 is 31.4. The molecule has 0 aromatic heterocycles. The predicted octanol–water partition coefficient (Wildman–Crippen LogP) is 3.10. The molecule has 4 nitrogen and oxygen atoms in total. The van der Waals surface area contributed by atoms with E-state index in [4.69, 9.17) is 4.74 Å². The Morgan fingerprint density at radius 2 is 1.64 bits per heavy atom. The van der Waals surface area contributed by atoms with E-state index in [-0.39, 0.29) is 10.8 Å². The molecule has 0 radical (unpaired) electrons. The van der Waals surface area contributed by atoms with Crippen molar-refractivity contribution in [2.75, 3.05) is 21.2 Å². The summed E-state index contributed by atoms with van der Waals surface area (Å²) in [7, 11) is 0.959. The Kier molecular flexibility index (Phi) is 4.88. The largest absolute Gasteiger partial charge is 0.495 e. The molecule has 0 spiro atoms. The molecule has 1 atom stereocenters. The molecule has 0 aliphatic heterocycles. The SMILES string of the molecule is COc1ccc(C(C)c2ccccc2)cc1S(=O)(=O)N(C)C. The molecule has 0 heterocycles. The first-order valence-corrected chi connectivity index (χ1v) is 8.47. The van der Waals surface area contributed by atoms with E-state index in [1.165, 1.54) is 25.5 Å². The molecule has 118 valence electrons. The second-order valence-corrected chi connectivity index (χ2v) is 7.45. The van der Waals surface area contributed by atoms with E-state index in [0.717, 1.165) is 11.1 Å². The summed E-state index contributed by atoms with van der Waals surface area (Å²) in [5, 5.41) is 0. The van der Waals surface area contributed by atoms with Gasteiger partial charge in [0.1, 0.15) is 10.6 Å². The lowest BCUT2D eigenvalue weighted by Gasteiger charge is -2.18. The van der Waals surface area contributed by atoms with Crippen LogP contribution in [0.15, 0.2) is 53.4 Å². The summed E-state index contributed by atoms with van der Waals surface area (Å²) in [6, 6.07) is 15.3. The van der Waals surface area contributed by atoms with Crippen LogP contribution >= 0.6 is 0 Å². The van der Waals surface area contributed by atoms with Crippen molar-refractivity contribution in [3.63, 3.8) is 0 Å². The van der Waals surface area contributed by atoms with Crippen LogP contribution in [0.4, 0.5) is 0 Å². The van der Waals surface area contributed by atoms with Gasteiger partial charge in [0.05, 0.1) is 7.11 Å². The highest BCUT2D eigenvalue weighted by Gasteiger charge is 2.23. The van der Waals surface area contributed by atoms with Crippen LogP contribution in [0.1, 0.15) is 24.0 Å². The fourth-order valence-corrected chi connectivity index (χ4v) is 3.38. The highest BCUT2D eigenvalue weighted by Crippen LogP contribution is 2.32. The summed E-state index contributed by atoms with van der Waals surface area (Å²) in [4.78, 5) is 0.195. The van der Waals surface area contributed by atoms with E-state index in [2.05, 4.69) is 6.92 Å². The van der Waals surface area contributed by atoms with Crippen molar-refractivity contribution in [2.24, 2.45) is 0 Å². The average molecular weight is 319 g/mol. The van der Waals surface area contributed by atoms with Crippen LogP contribution < -0.4 is 4.74 Å². The van der Waals surface area contributed by atoms with Gasteiger partial charge in [0.2, 0.25) is 10.0 Å². The molecule has 0 saturated heterocycles. The number of benzene rings is 2. The van der Waals surface area contributed by atoms with Crippen molar-refractivity contribution in [1.82, 2.24) is 4.31 Å². The van der Waals surface area contributed by atoms with Gasteiger partial charge in [-0.1, -0.05) is 43.3 Å². The monoisotopic (exact) mass is 319 g/mol. The topological polar surface area (TPSA) is 46.6 Å². The molecule has 22 heavy (non-hydrogen) atoms. The number of hydrogen-bond acceptors (Lipinski definition) is 3. The molecule has 2 rings (SSSR count). The first-order chi connectivity index (χ1) is 10.4. The minimum absolute atomic E-state index is 0.100. The van der Waals surface area contributed by atoms with Crippen LogP contribution in [0.5, 0.6) is 5.75 Å². The Balaban J connectivity index is 2.53. The maximum Gasteiger partial charge on any atom is 0.246 e. The number of rotatable bonds is 5. The van der Waals surface area contributed by atoms with Crippen LogP contribution in [-0.2, 0) is 10.0 Å². The summed E-state index contributed by atoms with van der Waals surface area (Å²) in [6.45, 7) is 2.06. The van der Waals surface area contributed by atoms with Crippen molar-refractivity contribution in [3.05, 3.63) is 59.7 Å². The summed E-state index contributed by atoms with van der Waals surface area (Å²) in [5.74, 6) is 0.459. The van der Waals surface area contributed by atoms with Crippen molar-refractivity contribution < 1.29 is 13.2 Å². The Morgan fingerprint density at radius 1 is 1.00 bits per heavy atom. The quantitative estimate of drug-likeness (QED) is 0.851. The highest BCUT2D eigenvalue weighted by molar-refractivity contribution is 7.89. The minimum atomic E-state index is -3.55. The molecule has 0 aliphatic carbocycles. The zero-order valence-electron chi connectivity index (χ0n) is 13.3. The predicted molar refractivity (Wildman–Crippen MR) is 87.8 cm³/mol. The summed E-state index contributed by atoms with van der Waals surface area (Å²) >= 11 is 0. The molecule has 0 fully saturated rings. The summed E-state index contributed by atoms with van der Waals surface area (Å²) in [6.07, 6.45) is 0. The Hall–Kier alpha value is -1.85. The molecule has 5 heteroatoms. The third kappa shape index (κ3) is 3.15. The molecule has 0 aliphatic rings. The second-order valence-electron chi connectivity index (χ2n) is 5.33. The highest BCUT2D eigenvalue weighted by atomic mass is 32.2. The van der Waals surface area contributed by atoms with Crippen molar-refractivity contribution in [1.29, 1.82) is 0 Å². The normalized spacial score (nSPS) is 13.1. The van der Waals surface area contributed by atoms with Crippen LogP contribution in [0.3, 0.4) is 0 Å². The fraction of sp³-hybridized carbons (Fsp3) is 0.294. The van der Waals surface area contributed by atoms with Gasteiger partial charge in [0, 0.05) is 20.0 Å². The van der Waals surface area contributed by atoms with Gasteiger partial charge in [-0.15, -0.1) is 0 Å². The molecule has 2 aromatic carbocycles. The second kappa shape index (κ2) is 6.50. The summed E-state index contributed by atoms with van der Waals surface area (Å²) in [5.41, 5.74) is 2.08. The van der Waals surface area contributed by atoms with Gasteiger partial charge in [-0.3, -0.25) is 0 Å². The van der Waals surface area contributed by atoms with Gasteiger partial charge in [-0.2, -0.15) is 0 Å². The molecule has 2 aromatic rings. The molecular weight excluding hydrogens is 298 g/mol. The van der Waals surface area contributed by atoms with Crippen LogP contribution in [0.2, 0.25) is 0 Å². The molecule has 1 unspecified atom stereocenters. The lowest BCUT2D eigenvalue weighted by atomic mass is 9.93. The van der Waals surface area contributed by atoms with E-state index in [1.54, 1.807) is 12.1 Å². The lowest BCUT2D eigenvalue weighted by molar-refractivity contribution is 0.400. The third-order valence-electron chi connectivity index (χ3n) is 3.75. The standard InChI is InChI=1S/C17H21NO3S/c1-13(14-8-6-5-7-9-14)15-10-11-16(21-4)17(12-15)22(19,20)18(2)3/h5-13H,1-4H3. The molecule has 0 N–H and O–H groups in total. The van der Waals surface area contributed by atoms with E-state index in [1.807, 2.05) is 36.4 Å². The van der Waals surface area contributed by atoms with Crippen LogP contribution in [-0.4, -0.2) is 33.9 Å². The first kappa shape index (κ1) is 16.5. The van der Waals surface area contributed by atoms with Crippen LogP contribution in [0, 0.1) is 0 Å². The Bertz CT molecular complexity index is 740. The number of methoxy groups -OCH3 is 1. The maximum absolute atomic E-state index is 12.5. The van der Waals surface area contributed by atoms with Crippen LogP contribution in [0.25, 0.3) is 0 Å². The van der Waals surface area contributed by atoms with Gasteiger partial charge in [-0.05, 0) is 23.3 Å². The van der Waals surface area contributed by atoms with Gasteiger partial charge in [0.15, 0.2) is 0 Å². The Labute approximate surface area is 132 Å². The van der Waals surface area contributed by atoms with E-state index >= 15 is 0 Å². The zero-order valence-corrected chi connectivity index (χ0v) is 14.1. The molecule has 0 bridgehead atoms. The van der Waals surface area contributed by atoms with E-state index in [0.29, 0.717) is 5.75 Å². The fourth-order valence-electron chi connectivity index (χ4n) is 2.30. The number of sulfonamides is 1. The smallest absolute Gasteiger partial charge is 0.246 e. The Morgan fingerprint density at radius 3 is 2.18 bits per heavy atom. The maximum atomic E-state index is 12.5. The number of nitrogens with zero attached hydrogens (tertiary/aromatic N) is 1. The zero-order chi connectivity index (χ0) is 16.3. The minimum Gasteiger partial charge on any atom is -0.495 e. The van der Waals surface area contributed by atoms with Crippen molar-refractivity contribution >= 4 is 10.0 Å². The van der Waals surface area contributed by atoms with Gasteiger partial charge in [-0.25, -0.2) is 12.7 Å². The average Bonchev–Trinajstić information content (AvgIpc) is 2.54. The molecule has 0 saturated carbocycles. The number of hydrogen-bond donors (Lipinski definition) is 0. The van der Waals surface area contributed by atoms with Gasteiger partial charge in [0.25, 0.3) is 0 Å². The molecular formula is C17H21NO3S. The first-order valence-electron chi connectivity index (χ1n) is 7.03. The lowest BCUT2D eigenvalue weighted by Crippen LogP contribution is -2.23. The van der Waals surface area contributed by atoms with Gasteiger partial charge >= 0.3 is 0 Å². The van der Waals surface area contributed by atoms with Gasteiger partial charge < -0.3 is 4.74 Å². The third-order valence-corrected chi connectivity index (χ3v) is 5.58. The number of ether oxygens (including phenoxy) is 1. The van der Waals surface area contributed by atoms with E-state index in [9.17, 15) is 8.42 Å². The van der Waals surface area contributed by atoms with E-state index < -0.39 is 10.0 Å². The molecule has 0 amide bonds.